The van der Waals surface area contributed by atoms with Crippen molar-refractivity contribution in [1.82, 2.24) is 5.32 Å². The van der Waals surface area contributed by atoms with E-state index >= 15 is 0 Å². The number of benzene rings is 2. The van der Waals surface area contributed by atoms with Crippen LogP contribution < -0.4 is 10.6 Å². The number of amides is 2. The van der Waals surface area contributed by atoms with Gasteiger partial charge in [0.1, 0.15) is 0 Å². The maximum Gasteiger partial charge on any atom is 0.319 e. The first kappa shape index (κ1) is 24.0. The molecule has 0 aromatic heterocycles. The Morgan fingerprint density at radius 1 is 0.667 bits per heavy atom. The molecule has 2 aromatic rings. The third kappa shape index (κ3) is 9.96. The Hall–Kier alpha value is -2.29. The number of hydrogen-bond acceptors (Lipinski definition) is 1. The molecule has 0 heterocycles. The predicted octanol–water partition coefficient (Wildman–Crippen LogP) is 8.18. The van der Waals surface area contributed by atoms with E-state index in [2.05, 4.69) is 29.7 Å². The first-order chi connectivity index (χ1) is 14.8. The van der Waals surface area contributed by atoms with E-state index in [0.29, 0.717) is 0 Å². The lowest BCUT2D eigenvalue weighted by molar-refractivity contribution is 0.252. The van der Waals surface area contributed by atoms with Crippen LogP contribution in [0.1, 0.15) is 84.0 Å². The summed E-state index contributed by atoms with van der Waals surface area (Å²) in [7, 11) is 0. The van der Waals surface area contributed by atoms with E-state index < -0.39 is 0 Å². The summed E-state index contributed by atoms with van der Waals surface area (Å²) >= 11 is 0. The van der Waals surface area contributed by atoms with Gasteiger partial charge in [-0.1, -0.05) is 126 Å². The molecule has 0 saturated heterocycles. The van der Waals surface area contributed by atoms with Crippen molar-refractivity contribution in [3.63, 3.8) is 0 Å². The maximum atomic E-state index is 12.3. The third-order valence-corrected chi connectivity index (χ3v) is 5.58. The minimum atomic E-state index is -0.124. The van der Waals surface area contributed by atoms with Crippen molar-refractivity contribution in [2.75, 3.05) is 11.9 Å². The summed E-state index contributed by atoms with van der Waals surface area (Å²) in [6.07, 6.45) is 15.9. The monoisotopic (exact) mass is 408 g/mol. The average Bonchev–Trinajstić information content (AvgIpc) is 2.78. The first-order valence-corrected chi connectivity index (χ1v) is 12.0. The number of carbonyl (C=O) groups excluding carboxylic acids is 1. The normalized spacial score (nSPS) is 10.7. The second kappa shape index (κ2) is 15.5. The van der Waals surface area contributed by atoms with Crippen molar-refractivity contribution in [1.29, 1.82) is 0 Å². The number of urea groups is 1. The van der Waals surface area contributed by atoms with Crippen LogP contribution in [0.3, 0.4) is 0 Å². The number of anilines is 1. The molecule has 2 amide bonds. The molecule has 2 N–H and O–H groups in total. The van der Waals surface area contributed by atoms with E-state index in [1.54, 1.807) is 0 Å². The van der Waals surface area contributed by atoms with Crippen LogP contribution in [0.4, 0.5) is 10.5 Å². The van der Waals surface area contributed by atoms with Gasteiger partial charge in [0.05, 0.1) is 5.69 Å². The number of rotatable bonds is 15. The summed E-state index contributed by atoms with van der Waals surface area (Å²) < 4.78 is 0. The van der Waals surface area contributed by atoms with Crippen molar-refractivity contribution >= 4 is 11.7 Å². The first-order valence-electron chi connectivity index (χ1n) is 12.0. The van der Waals surface area contributed by atoms with Crippen LogP contribution in [0.2, 0.25) is 0 Å². The van der Waals surface area contributed by atoms with Crippen molar-refractivity contribution in [2.24, 2.45) is 0 Å². The van der Waals surface area contributed by atoms with Crippen LogP contribution in [0.15, 0.2) is 54.6 Å². The molecule has 0 bridgehead atoms. The quantitative estimate of drug-likeness (QED) is 0.287. The number of carbonyl (C=O) groups is 1. The van der Waals surface area contributed by atoms with Gasteiger partial charge in [0, 0.05) is 12.1 Å². The van der Waals surface area contributed by atoms with E-state index in [1.165, 1.54) is 70.6 Å². The Morgan fingerprint density at radius 3 is 1.83 bits per heavy atom. The highest BCUT2D eigenvalue weighted by Gasteiger charge is 2.07. The molecule has 3 nitrogen and oxygen atoms in total. The highest BCUT2D eigenvalue weighted by atomic mass is 16.2. The van der Waals surface area contributed by atoms with Crippen molar-refractivity contribution in [2.45, 2.75) is 84.0 Å². The second-order valence-electron chi connectivity index (χ2n) is 8.18. The highest BCUT2D eigenvalue weighted by molar-refractivity contribution is 5.94. The summed E-state index contributed by atoms with van der Waals surface area (Å²) in [5.74, 6) is 0. The van der Waals surface area contributed by atoms with Crippen molar-refractivity contribution < 1.29 is 4.79 Å². The molecule has 3 heteroatoms. The van der Waals surface area contributed by atoms with Crippen LogP contribution in [-0.2, 0) is 0 Å². The van der Waals surface area contributed by atoms with Gasteiger partial charge in [-0.25, -0.2) is 4.79 Å². The van der Waals surface area contributed by atoms with Crippen LogP contribution in [0.25, 0.3) is 11.1 Å². The summed E-state index contributed by atoms with van der Waals surface area (Å²) in [4.78, 5) is 12.3. The van der Waals surface area contributed by atoms with Gasteiger partial charge in [-0.15, -0.1) is 0 Å². The predicted molar refractivity (Wildman–Crippen MR) is 130 cm³/mol. The minimum Gasteiger partial charge on any atom is -0.338 e. The summed E-state index contributed by atoms with van der Waals surface area (Å²) in [6.45, 7) is 3.00. The molecule has 0 aliphatic carbocycles. The summed E-state index contributed by atoms with van der Waals surface area (Å²) in [5, 5.41) is 6.00. The van der Waals surface area contributed by atoms with Gasteiger partial charge in [-0.2, -0.15) is 0 Å². The molecular formula is C27H40N2O. The molecule has 2 rings (SSSR count). The largest absolute Gasteiger partial charge is 0.338 e. The van der Waals surface area contributed by atoms with Crippen molar-refractivity contribution in [3.05, 3.63) is 54.6 Å². The van der Waals surface area contributed by atoms with Crippen LogP contribution in [-0.4, -0.2) is 12.6 Å². The molecule has 0 aliphatic heterocycles. The Balaban J connectivity index is 1.53. The number of nitrogens with one attached hydrogen (secondary N) is 2. The lowest BCUT2D eigenvalue weighted by atomic mass is 10.0. The molecule has 0 spiro atoms. The molecule has 30 heavy (non-hydrogen) atoms. The zero-order valence-corrected chi connectivity index (χ0v) is 18.8. The fourth-order valence-electron chi connectivity index (χ4n) is 3.80. The minimum absolute atomic E-state index is 0.124. The molecule has 0 saturated carbocycles. The summed E-state index contributed by atoms with van der Waals surface area (Å²) in [5.41, 5.74) is 2.99. The van der Waals surface area contributed by atoms with Gasteiger partial charge < -0.3 is 10.6 Å². The van der Waals surface area contributed by atoms with Crippen LogP contribution in [0.5, 0.6) is 0 Å². The van der Waals surface area contributed by atoms with Gasteiger partial charge >= 0.3 is 6.03 Å². The lowest BCUT2D eigenvalue weighted by Crippen LogP contribution is -2.29. The fourth-order valence-corrected chi connectivity index (χ4v) is 3.80. The summed E-state index contributed by atoms with van der Waals surface area (Å²) in [6, 6.07) is 18.0. The fraction of sp³-hybridized carbons (Fsp3) is 0.519. The Labute approximate surface area is 183 Å². The molecule has 0 fully saturated rings. The lowest BCUT2D eigenvalue weighted by Gasteiger charge is -2.12. The molecular weight excluding hydrogens is 368 g/mol. The van der Waals surface area contributed by atoms with Crippen LogP contribution in [0, 0.1) is 0 Å². The molecule has 0 unspecified atom stereocenters. The average molecular weight is 409 g/mol. The van der Waals surface area contributed by atoms with Gasteiger partial charge in [-0.3, -0.25) is 0 Å². The molecule has 0 radical (unpaired) electrons. The van der Waals surface area contributed by atoms with Crippen molar-refractivity contribution in [3.8, 4) is 11.1 Å². The van der Waals surface area contributed by atoms with Gasteiger partial charge in [-0.05, 0) is 18.1 Å². The standard InChI is InChI=1S/C27H40N2O/c1-2-3-4-5-6-7-8-9-10-11-12-18-23-28-27(30)29-26-22-17-16-21-25(26)24-19-14-13-15-20-24/h13-17,19-22H,2-12,18,23H2,1H3,(H2,28,29,30). The zero-order chi connectivity index (χ0) is 21.3. The van der Waals surface area contributed by atoms with E-state index in [9.17, 15) is 4.79 Å². The second-order valence-corrected chi connectivity index (χ2v) is 8.18. The zero-order valence-electron chi connectivity index (χ0n) is 18.8. The number of unbranched alkanes of at least 4 members (excludes halogenated alkanes) is 11. The molecule has 2 aromatic carbocycles. The van der Waals surface area contributed by atoms with Gasteiger partial charge in [0.2, 0.25) is 0 Å². The molecule has 0 aliphatic rings. The topological polar surface area (TPSA) is 41.1 Å². The van der Waals surface area contributed by atoms with Gasteiger partial charge in [0.25, 0.3) is 0 Å². The maximum absolute atomic E-state index is 12.3. The van der Waals surface area contributed by atoms with E-state index in [0.717, 1.165) is 29.8 Å². The van der Waals surface area contributed by atoms with Crippen LogP contribution >= 0.6 is 0 Å². The van der Waals surface area contributed by atoms with E-state index in [-0.39, 0.29) is 6.03 Å². The number of hydrogen-bond donors (Lipinski definition) is 2. The van der Waals surface area contributed by atoms with E-state index in [4.69, 9.17) is 0 Å². The number of para-hydroxylation sites is 1. The third-order valence-electron chi connectivity index (χ3n) is 5.58. The highest BCUT2D eigenvalue weighted by Crippen LogP contribution is 2.27. The molecule has 164 valence electrons. The Morgan fingerprint density at radius 2 is 1.20 bits per heavy atom. The smallest absolute Gasteiger partial charge is 0.319 e. The van der Waals surface area contributed by atoms with Gasteiger partial charge in [0.15, 0.2) is 0 Å². The Bertz CT molecular complexity index is 699. The Kier molecular flexibility index (Phi) is 12.4. The molecule has 0 atom stereocenters. The SMILES string of the molecule is CCCCCCCCCCCCCCNC(=O)Nc1ccccc1-c1ccccc1. The van der Waals surface area contributed by atoms with E-state index in [1.807, 2.05) is 42.5 Å².